The van der Waals surface area contributed by atoms with Crippen molar-refractivity contribution in [1.82, 2.24) is 0 Å². The molecule has 2 rings (SSSR count). The summed E-state index contributed by atoms with van der Waals surface area (Å²) in [6.07, 6.45) is 0. The maximum Gasteiger partial charge on any atom is 0.342 e. The first-order chi connectivity index (χ1) is 10.9. The molecule has 0 unspecified atom stereocenters. The van der Waals surface area contributed by atoms with E-state index >= 15 is 0 Å². The number of phenolic OH excluding ortho intramolecular Hbond substituents is 1. The molecule has 0 aliphatic carbocycles. The number of aromatic hydroxyl groups is 1. The Kier molecular flexibility index (Phi) is 7.07. The van der Waals surface area contributed by atoms with Gasteiger partial charge in [-0.2, -0.15) is 0 Å². The Morgan fingerprint density at radius 1 is 1.04 bits per heavy atom. The lowest BCUT2D eigenvalue weighted by Crippen LogP contribution is -2.05. The predicted octanol–water partition coefficient (Wildman–Crippen LogP) is 3.40. The van der Waals surface area contributed by atoms with E-state index in [0.29, 0.717) is 0 Å². The van der Waals surface area contributed by atoms with Crippen LogP contribution in [0.15, 0.2) is 66.7 Å². The van der Waals surface area contributed by atoms with E-state index in [0.717, 1.165) is 5.56 Å². The summed E-state index contributed by atoms with van der Waals surface area (Å²) in [5, 5.41) is 17.4. The minimum atomic E-state index is -0.935. The van der Waals surface area contributed by atoms with Crippen molar-refractivity contribution in [3.8, 4) is 5.75 Å². The van der Waals surface area contributed by atoms with Crippen LogP contribution in [-0.4, -0.2) is 22.2 Å². The summed E-state index contributed by atoms with van der Waals surface area (Å²) in [5.41, 5.74) is 1.27. The predicted molar refractivity (Wildman–Crippen MR) is 86.1 cm³/mol. The van der Waals surface area contributed by atoms with E-state index in [2.05, 4.69) is 6.58 Å². The van der Waals surface area contributed by atoms with Gasteiger partial charge < -0.3 is 14.9 Å². The molecule has 23 heavy (non-hydrogen) atoms. The van der Waals surface area contributed by atoms with E-state index in [1.807, 2.05) is 30.3 Å². The van der Waals surface area contributed by atoms with E-state index in [1.54, 1.807) is 12.1 Å². The van der Waals surface area contributed by atoms with E-state index in [4.69, 9.17) is 9.84 Å². The quantitative estimate of drug-likeness (QED) is 0.667. The second kappa shape index (κ2) is 9.04. The van der Waals surface area contributed by atoms with Gasteiger partial charge in [-0.1, -0.05) is 49.0 Å². The van der Waals surface area contributed by atoms with Gasteiger partial charge in [0.15, 0.2) is 0 Å². The molecule has 2 aromatic rings. The minimum Gasteiger partial charge on any atom is -0.507 e. The van der Waals surface area contributed by atoms with Gasteiger partial charge in [-0.25, -0.2) is 9.59 Å². The molecule has 0 amide bonds. The fraction of sp³-hybridized carbons (Fsp3) is 0.111. The molecule has 5 heteroatoms. The molecule has 0 aliphatic heterocycles. The average molecular weight is 314 g/mol. The zero-order valence-electron chi connectivity index (χ0n) is 12.7. The van der Waals surface area contributed by atoms with Crippen LogP contribution in [0.4, 0.5) is 0 Å². The van der Waals surface area contributed by atoms with Gasteiger partial charge in [0.05, 0.1) is 0 Å². The largest absolute Gasteiger partial charge is 0.507 e. The third-order valence-corrected chi connectivity index (χ3v) is 2.70. The molecule has 0 bridgehead atoms. The van der Waals surface area contributed by atoms with E-state index in [-0.39, 0.29) is 23.5 Å². The lowest BCUT2D eigenvalue weighted by Gasteiger charge is -2.05. The molecule has 0 atom stereocenters. The smallest absolute Gasteiger partial charge is 0.342 e. The number of hydrogen-bond donors (Lipinski definition) is 2. The maximum absolute atomic E-state index is 11.7. The second-order valence-electron chi connectivity index (χ2n) is 4.66. The summed E-state index contributed by atoms with van der Waals surface area (Å²) >= 11 is 0. The monoisotopic (exact) mass is 314 g/mol. The molecule has 0 fully saturated rings. The fourth-order valence-corrected chi connectivity index (χ4v) is 1.45. The van der Waals surface area contributed by atoms with Crippen molar-refractivity contribution in [1.29, 1.82) is 0 Å². The Bertz CT molecular complexity index is 665. The van der Waals surface area contributed by atoms with Gasteiger partial charge in [-0.15, -0.1) is 0 Å². The van der Waals surface area contributed by atoms with Crippen molar-refractivity contribution in [3.05, 3.63) is 77.9 Å². The molecule has 2 aromatic carbocycles. The number of carbonyl (C=O) groups is 2. The topological polar surface area (TPSA) is 83.8 Å². The number of ether oxygens (including phenoxy) is 1. The lowest BCUT2D eigenvalue weighted by molar-refractivity contribution is -0.132. The first kappa shape index (κ1) is 18.0. The highest BCUT2D eigenvalue weighted by Crippen LogP contribution is 2.17. The lowest BCUT2D eigenvalue weighted by atomic mass is 10.2. The summed E-state index contributed by atoms with van der Waals surface area (Å²) in [6, 6.07) is 15.7. The summed E-state index contributed by atoms with van der Waals surface area (Å²) < 4.78 is 5.10. The second-order valence-corrected chi connectivity index (χ2v) is 4.66. The van der Waals surface area contributed by atoms with Gasteiger partial charge in [-0.3, -0.25) is 0 Å². The standard InChI is InChI=1S/C14H12O3.C4H6O2/c15-13-9-5-4-8-12(13)14(16)17-10-11-6-2-1-3-7-11;1-3(2)4(5)6/h1-9,15H,10H2;1H2,2H3,(H,5,6). The van der Waals surface area contributed by atoms with Crippen LogP contribution in [0.5, 0.6) is 5.75 Å². The highest BCUT2D eigenvalue weighted by molar-refractivity contribution is 5.92. The number of hydrogen-bond acceptors (Lipinski definition) is 4. The average Bonchev–Trinajstić information content (AvgIpc) is 2.54. The van der Waals surface area contributed by atoms with Crippen molar-refractivity contribution in [2.45, 2.75) is 13.5 Å². The third-order valence-electron chi connectivity index (χ3n) is 2.70. The molecule has 0 aliphatic rings. The first-order valence-corrected chi connectivity index (χ1v) is 6.79. The van der Waals surface area contributed by atoms with Crippen molar-refractivity contribution in [2.24, 2.45) is 0 Å². The van der Waals surface area contributed by atoms with Crippen LogP contribution in [0, 0.1) is 0 Å². The molecule has 0 heterocycles. The molecule has 0 aromatic heterocycles. The molecule has 0 radical (unpaired) electrons. The zero-order valence-corrected chi connectivity index (χ0v) is 12.7. The summed E-state index contributed by atoms with van der Waals surface area (Å²) in [5.74, 6) is -1.52. The van der Waals surface area contributed by atoms with Crippen molar-refractivity contribution in [3.63, 3.8) is 0 Å². The third kappa shape index (κ3) is 6.48. The van der Waals surface area contributed by atoms with Gasteiger partial charge in [0.25, 0.3) is 0 Å². The van der Waals surface area contributed by atoms with Gasteiger partial charge in [0.1, 0.15) is 17.9 Å². The molecule has 5 nitrogen and oxygen atoms in total. The Morgan fingerprint density at radius 2 is 1.57 bits per heavy atom. The number of rotatable bonds is 4. The summed E-state index contributed by atoms with van der Waals surface area (Å²) in [4.78, 5) is 21.3. The molecule has 0 saturated heterocycles. The molecule has 0 saturated carbocycles. The number of carboxylic acids is 1. The Labute approximate surface area is 134 Å². The van der Waals surface area contributed by atoms with Crippen LogP contribution < -0.4 is 0 Å². The zero-order chi connectivity index (χ0) is 17.2. The van der Waals surface area contributed by atoms with E-state index in [9.17, 15) is 14.7 Å². The number of carboxylic acid groups (broad SMARTS) is 1. The van der Waals surface area contributed by atoms with Crippen LogP contribution in [-0.2, 0) is 16.1 Å². The van der Waals surface area contributed by atoms with Crippen LogP contribution >= 0.6 is 0 Å². The summed E-state index contributed by atoms with van der Waals surface area (Å²) in [6.45, 7) is 4.80. The number of esters is 1. The van der Waals surface area contributed by atoms with E-state index in [1.165, 1.54) is 19.1 Å². The Balaban J connectivity index is 0.000000379. The minimum absolute atomic E-state index is 0.0643. The highest BCUT2D eigenvalue weighted by Gasteiger charge is 2.11. The van der Waals surface area contributed by atoms with Crippen molar-refractivity contribution in [2.75, 3.05) is 0 Å². The van der Waals surface area contributed by atoms with E-state index < -0.39 is 11.9 Å². The van der Waals surface area contributed by atoms with Gasteiger partial charge in [0, 0.05) is 5.57 Å². The SMILES string of the molecule is C=C(C)C(=O)O.O=C(OCc1ccccc1)c1ccccc1O. The van der Waals surface area contributed by atoms with Gasteiger partial charge in [-0.05, 0) is 24.6 Å². The normalized spacial score (nSPS) is 9.26. The number of aliphatic carboxylic acids is 1. The van der Waals surface area contributed by atoms with Crippen LogP contribution in [0.1, 0.15) is 22.8 Å². The fourth-order valence-electron chi connectivity index (χ4n) is 1.45. The number of para-hydroxylation sites is 1. The van der Waals surface area contributed by atoms with Gasteiger partial charge in [0.2, 0.25) is 0 Å². The highest BCUT2D eigenvalue weighted by atomic mass is 16.5. The van der Waals surface area contributed by atoms with Crippen LogP contribution in [0.2, 0.25) is 0 Å². The van der Waals surface area contributed by atoms with Crippen LogP contribution in [0.25, 0.3) is 0 Å². The van der Waals surface area contributed by atoms with Crippen molar-refractivity contribution < 1.29 is 24.5 Å². The van der Waals surface area contributed by atoms with Gasteiger partial charge >= 0.3 is 11.9 Å². The Hall–Kier alpha value is -3.08. The van der Waals surface area contributed by atoms with Crippen LogP contribution in [0.3, 0.4) is 0 Å². The number of phenols is 1. The summed E-state index contributed by atoms with van der Waals surface area (Å²) in [7, 11) is 0. The number of carbonyl (C=O) groups excluding carboxylic acids is 1. The molecule has 120 valence electrons. The maximum atomic E-state index is 11.7. The molecule has 2 N–H and O–H groups in total. The number of benzene rings is 2. The Morgan fingerprint density at radius 3 is 2.09 bits per heavy atom. The molecular formula is C18H18O5. The van der Waals surface area contributed by atoms with Crippen molar-refractivity contribution >= 4 is 11.9 Å². The first-order valence-electron chi connectivity index (χ1n) is 6.79. The molecule has 0 spiro atoms. The molecular weight excluding hydrogens is 296 g/mol.